The van der Waals surface area contributed by atoms with E-state index >= 15 is 0 Å². The largest absolute Gasteiger partial charge is 0.496 e. The summed E-state index contributed by atoms with van der Waals surface area (Å²) in [6.45, 7) is 1.93. The molecule has 0 aliphatic heterocycles. The quantitative estimate of drug-likeness (QED) is 0.454. The third-order valence-corrected chi connectivity index (χ3v) is 6.31. The van der Waals surface area contributed by atoms with E-state index in [0.29, 0.717) is 6.42 Å². The first-order valence-corrected chi connectivity index (χ1v) is 11.1. The summed E-state index contributed by atoms with van der Waals surface area (Å²) in [6.07, 6.45) is 0.436. The molecule has 0 aromatic heterocycles. The van der Waals surface area contributed by atoms with Gasteiger partial charge in [0.15, 0.2) is 0 Å². The van der Waals surface area contributed by atoms with Crippen LogP contribution in [0.4, 0.5) is 0 Å². The Labute approximate surface area is 178 Å². The van der Waals surface area contributed by atoms with E-state index in [-0.39, 0.29) is 17.4 Å². The van der Waals surface area contributed by atoms with Crippen LogP contribution in [0.25, 0.3) is 0 Å². The van der Waals surface area contributed by atoms with Crippen molar-refractivity contribution in [1.82, 2.24) is 0 Å². The van der Waals surface area contributed by atoms with Gasteiger partial charge in [-0.25, -0.2) is 0 Å². The van der Waals surface area contributed by atoms with Crippen molar-refractivity contribution in [3.8, 4) is 11.5 Å². The molecule has 0 bridgehead atoms. The molecule has 0 saturated carbocycles. The molecule has 0 spiro atoms. The Balaban J connectivity index is 1.87. The molecule has 6 heteroatoms. The molecule has 3 aromatic carbocycles. The fourth-order valence-electron chi connectivity index (χ4n) is 3.44. The first-order valence-electron chi connectivity index (χ1n) is 9.68. The van der Waals surface area contributed by atoms with Gasteiger partial charge in [0.1, 0.15) is 11.5 Å². The van der Waals surface area contributed by atoms with Gasteiger partial charge in [-0.15, -0.1) is 0 Å². The molecule has 0 radical (unpaired) electrons. The van der Waals surface area contributed by atoms with Gasteiger partial charge in [-0.1, -0.05) is 54.1 Å². The maximum absolute atomic E-state index is 12.6. The van der Waals surface area contributed by atoms with Crippen LogP contribution in [0.5, 0.6) is 11.5 Å². The summed E-state index contributed by atoms with van der Waals surface area (Å²) < 4.78 is 41.6. The van der Waals surface area contributed by atoms with Gasteiger partial charge < -0.3 is 9.47 Å². The Hall–Kier alpha value is -2.83. The van der Waals surface area contributed by atoms with Gasteiger partial charge in [-0.05, 0) is 37.6 Å². The highest BCUT2D eigenvalue weighted by atomic mass is 32.2. The summed E-state index contributed by atoms with van der Waals surface area (Å²) in [5.41, 5.74) is 2.88. The fraction of sp³-hybridized carbons (Fsp3) is 0.250. The third kappa shape index (κ3) is 5.01. The van der Waals surface area contributed by atoms with Crippen molar-refractivity contribution in [2.24, 2.45) is 0 Å². The van der Waals surface area contributed by atoms with Crippen molar-refractivity contribution < 1.29 is 22.1 Å². The molecule has 0 N–H and O–H groups in total. The molecule has 0 unspecified atom stereocenters. The average Bonchev–Trinajstić information content (AvgIpc) is 2.77. The second kappa shape index (κ2) is 9.78. The lowest BCUT2D eigenvalue weighted by molar-refractivity contribution is 0.302. The van der Waals surface area contributed by atoms with Gasteiger partial charge in [-0.2, -0.15) is 8.42 Å². The summed E-state index contributed by atoms with van der Waals surface area (Å²) >= 11 is 0. The van der Waals surface area contributed by atoms with Crippen LogP contribution in [0, 0.1) is 6.92 Å². The van der Waals surface area contributed by atoms with Gasteiger partial charge in [0.2, 0.25) is 0 Å². The van der Waals surface area contributed by atoms with E-state index in [1.807, 2.05) is 55.5 Å². The van der Waals surface area contributed by atoms with Gasteiger partial charge in [0, 0.05) is 17.0 Å². The first kappa shape index (κ1) is 21.9. The zero-order valence-corrected chi connectivity index (χ0v) is 18.2. The SMILES string of the molecule is COc1ccccc1C(CCOS(=O)(=O)c1ccc(C)cc1)c1ccccc1OC. The number of hydrogen-bond acceptors (Lipinski definition) is 5. The topological polar surface area (TPSA) is 61.8 Å². The predicted octanol–water partition coefficient (Wildman–Crippen LogP) is 4.94. The van der Waals surface area contributed by atoms with Crippen molar-refractivity contribution in [2.45, 2.75) is 24.2 Å². The third-order valence-electron chi connectivity index (χ3n) is 4.98. The van der Waals surface area contributed by atoms with Crippen LogP contribution in [-0.4, -0.2) is 29.2 Å². The standard InChI is InChI=1S/C24H26O5S/c1-18-12-14-19(15-13-18)30(25,26)29-17-16-20(21-8-4-6-10-23(21)27-2)22-9-5-7-11-24(22)28-3/h4-15,20H,16-17H2,1-3H3. The molecule has 0 heterocycles. The van der Waals surface area contributed by atoms with E-state index in [0.717, 1.165) is 28.2 Å². The average molecular weight is 427 g/mol. The molecule has 5 nitrogen and oxygen atoms in total. The molecule has 3 aromatic rings. The Morgan fingerprint density at radius 2 is 1.27 bits per heavy atom. The Kier molecular flexibility index (Phi) is 7.13. The van der Waals surface area contributed by atoms with Crippen LogP contribution in [0.15, 0.2) is 77.7 Å². The second-order valence-electron chi connectivity index (χ2n) is 6.91. The van der Waals surface area contributed by atoms with Crippen molar-refractivity contribution >= 4 is 10.1 Å². The number of benzene rings is 3. The highest BCUT2D eigenvalue weighted by Gasteiger charge is 2.23. The van der Waals surface area contributed by atoms with Crippen molar-refractivity contribution in [3.63, 3.8) is 0 Å². The Morgan fingerprint density at radius 3 is 1.77 bits per heavy atom. The van der Waals surface area contributed by atoms with Crippen LogP contribution in [0.3, 0.4) is 0 Å². The molecule has 0 atom stereocenters. The minimum absolute atomic E-state index is 0.0248. The van der Waals surface area contributed by atoms with Crippen LogP contribution in [0.1, 0.15) is 29.0 Å². The van der Waals surface area contributed by atoms with E-state index in [1.165, 1.54) is 0 Å². The molecule has 30 heavy (non-hydrogen) atoms. The number of methoxy groups -OCH3 is 2. The van der Waals surface area contributed by atoms with E-state index in [4.69, 9.17) is 13.7 Å². The van der Waals surface area contributed by atoms with Crippen molar-refractivity contribution in [3.05, 3.63) is 89.5 Å². The summed E-state index contributed by atoms with van der Waals surface area (Å²) in [4.78, 5) is 0.152. The molecular formula is C24H26O5S. The fourth-order valence-corrected chi connectivity index (χ4v) is 4.36. The molecule has 0 fully saturated rings. The smallest absolute Gasteiger partial charge is 0.296 e. The molecule has 158 valence electrons. The number of hydrogen-bond donors (Lipinski definition) is 0. The molecule has 0 saturated heterocycles. The van der Waals surface area contributed by atoms with Crippen LogP contribution < -0.4 is 9.47 Å². The lowest BCUT2D eigenvalue weighted by atomic mass is 9.87. The van der Waals surface area contributed by atoms with E-state index in [2.05, 4.69) is 0 Å². The Morgan fingerprint density at radius 1 is 0.767 bits per heavy atom. The van der Waals surface area contributed by atoms with Crippen LogP contribution in [0.2, 0.25) is 0 Å². The molecule has 0 aliphatic rings. The van der Waals surface area contributed by atoms with Gasteiger partial charge in [-0.3, -0.25) is 4.18 Å². The second-order valence-corrected chi connectivity index (χ2v) is 8.53. The maximum atomic E-state index is 12.6. The van der Waals surface area contributed by atoms with Gasteiger partial charge in [0.25, 0.3) is 10.1 Å². The highest BCUT2D eigenvalue weighted by Crippen LogP contribution is 2.38. The first-order chi connectivity index (χ1) is 14.5. The Bertz CT molecular complexity index is 1030. The van der Waals surface area contributed by atoms with Crippen molar-refractivity contribution in [2.75, 3.05) is 20.8 Å². The number of ether oxygens (including phenoxy) is 2. The zero-order chi connectivity index (χ0) is 21.6. The summed E-state index contributed by atoms with van der Waals surface area (Å²) in [6, 6.07) is 22.0. The number of rotatable bonds is 9. The molecule has 3 rings (SSSR count). The highest BCUT2D eigenvalue weighted by molar-refractivity contribution is 7.86. The number of para-hydroxylation sites is 2. The lowest BCUT2D eigenvalue weighted by Crippen LogP contribution is -2.12. The number of aryl methyl sites for hydroxylation is 1. The van der Waals surface area contributed by atoms with Gasteiger partial charge >= 0.3 is 0 Å². The van der Waals surface area contributed by atoms with Crippen molar-refractivity contribution in [1.29, 1.82) is 0 Å². The summed E-state index contributed by atoms with van der Waals surface area (Å²) in [5, 5.41) is 0. The normalized spacial score (nSPS) is 11.5. The summed E-state index contributed by atoms with van der Waals surface area (Å²) in [7, 11) is -0.588. The minimum Gasteiger partial charge on any atom is -0.496 e. The maximum Gasteiger partial charge on any atom is 0.296 e. The predicted molar refractivity (Wildman–Crippen MR) is 117 cm³/mol. The zero-order valence-electron chi connectivity index (χ0n) is 17.4. The van der Waals surface area contributed by atoms with Crippen LogP contribution in [-0.2, 0) is 14.3 Å². The summed E-state index contributed by atoms with van der Waals surface area (Å²) in [5.74, 6) is 1.30. The minimum atomic E-state index is -3.83. The molecule has 0 aliphatic carbocycles. The molecular weight excluding hydrogens is 400 g/mol. The van der Waals surface area contributed by atoms with Crippen LogP contribution >= 0.6 is 0 Å². The van der Waals surface area contributed by atoms with E-state index < -0.39 is 10.1 Å². The van der Waals surface area contributed by atoms with E-state index in [9.17, 15) is 8.42 Å². The lowest BCUT2D eigenvalue weighted by Gasteiger charge is -2.22. The molecule has 0 amide bonds. The monoisotopic (exact) mass is 426 g/mol. The van der Waals surface area contributed by atoms with Gasteiger partial charge in [0.05, 0.1) is 25.7 Å². The van der Waals surface area contributed by atoms with E-state index in [1.54, 1.807) is 38.5 Å².